The van der Waals surface area contributed by atoms with Crippen LogP contribution in [0, 0.1) is 5.92 Å². The lowest BCUT2D eigenvalue weighted by Crippen LogP contribution is -2.52. The average Bonchev–Trinajstić information content (AvgIpc) is 2.63. The Hall–Kier alpha value is -1.31. The number of nitrogens with two attached hydrogens (primary N) is 1. The minimum absolute atomic E-state index is 0.168. The number of rotatable bonds is 4. The molecule has 0 aliphatic carbocycles. The van der Waals surface area contributed by atoms with Crippen molar-refractivity contribution < 1.29 is 8.42 Å². The number of nitrogens with zero attached hydrogens (tertiary/aromatic N) is 3. The molecule has 0 spiro atoms. The highest BCUT2D eigenvalue weighted by atomic mass is 32.2. The number of benzene rings is 1. The second-order valence-corrected chi connectivity index (χ2v) is 9.52. The highest BCUT2D eigenvalue weighted by molar-refractivity contribution is 7.86. The molecule has 0 saturated carbocycles. The van der Waals surface area contributed by atoms with Crippen molar-refractivity contribution >= 4 is 21.6 Å². The van der Waals surface area contributed by atoms with E-state index in [0.29, 0.717) is 26.2 Å². The SMILES string of the molecule is CCN1CC(c2ccc(N)c(N3CCC(C)CC3)c2)CN(CC)S1(=O)=O. The summed E-state index contributed by atoms with van der Waals surface area (Å²) in [5.41, 5.74) is 9.37. The summed E-state index contributed by atoms with van der Waals surface area (Å²) in [7, 11) is -3.32. The normalized spacial score (nSPS) is 23.4. The van der Waals surface area contributed by atoms with Crippen LogP contribution in [-0.4, -0.2) is 56.3 Å². The third-order valence-electron chi connectivity index (χ3n) is 5.86. The van der Waals surface area contributed by atoms with Crippen LogP contribution in [0.15, 0.2) is 18.2 Å². The molecule has 2 aliphatic heterocycles. The van der Waals surface area contributed by atoms with Gasteiger partial charge in [-0.3, -0.25) is 0 Å². The molecule has 6 nitrogen and oxygen atoms in total. The topological polar surface area (TPSA) is 69.9 Å². The highest BCUT2D eigenvalue weighted by Gasteiger charge is 2.37. The summed E-state index contributed by atoms with van der Waals surface area (Å²) < 4.78 is 28.3. The first-order valence-electron chi connectivity index (χ1n) is 9.76. The van der Waals surface area contributed by atoms with Crippen LogP contribution in [0.5, 0.6) is 0 Å². The zero-order valence-electron chi connectivity index (χ0n) is 16.2. The van der Waals surface area contributed by atoms with Crippen molar-refractivity contribution in [1.82, 2.24) is 8.61 Å². The summed E-state index contributed by atoms with van der Waals surface area (Å²) in [5.74, 6) is 0.942. The Labute approximate surface area is 158 Å². The Bertz CT molecular complexity index is 709. The van der Waals surface area contributed by atoms with E-state index in [1.165, 1.54) is 18.4 Å². The van der Waals surface area contributed by atoms with Crippen molar-refractivity contribution in [3.63, 3.8) is 0 Å². The molecule has 2 saturated heterocycles. The zero-order valence-corrected chi connectivity index (χ0v) is 17.0. The van der Waals surface area contributed by atoms with Crippen LogP contribution in [-0.2, 0) is 10.2 Å². The number of likely N-dealkylation sites (N-methyl/N-ethyl adjacent to an activating group) is 2. The molecule has 0 bridgehead atoms. The van der Waals surface area contributed by atoms with Crippen molar-refractivity contribution in [2.45, 2.75) is 39.5 Å². The summed E-state index contributed by atoms with van der Waals surface area (Å²) in [5, 5.41) is 0. The maximum absolute atomic E-state index is 12.6. The standard InChI is InChI=1S/C19H32N4O2S/c1-4-22-13-17(14-23(5-2)26(22,24)25)16-6-7-18(20)19(12-16)21-10-8-15(3)9-11-21/h6-7,12,15,17H,4-5,8-11,13-14,20H2,1-3H3. The van der Waals surface area contributed by atoms with Crippen molar-refractivity contribution in [1.29, 1.82) is 0 Å². The van der Waals surface area contributed by atoms with Gasteiger partial charge in [-0.1, -0.05) is 26.8 Å². The molecule has 146 valence electrons. The van der Waals surface area contributed by atoms with E-state index in [0.717, 1.165) is 30.4 Å². The van der Waals surface area contributed by atoms with Crippen molar-refractivity contribution in [2.75, 3.05) is 49.9 Å². The quantitative estimate of drug-likeness (QED) is 0.815. The summed E-state index contributed by atoms with van der Waals surface area (Å²) in [6.07, 6.45) is 2.39. The molecule has 26 heavy (non-hydrogen) atoms. The van der Waals surface area contributed by atoms with Crippen LogP contribution in [0.3, 0.4) is 0 Å². The zero-order chi connectivity index (χ0) is 18.9. The van der Waals surface area contributed by atoms with Gasteiger partial charge in [-0.15, -0.1) is 0 Å². The Kier molecular flexibility index (Phi) is 5.79. The van der Waals surface area contributed by atoms with Gasteiger partial charge in [0.2, 0.25) is 0 Å². The predicted molar refractivity (Wildman–Crippen MR) is 108 cm³/mol. The van der Waals surface area contributed by atoms with Gasteiger partial charge < -0.3 is 10.6 Å². The molecule has 0 amide bonds. The third-order valence-corrected chi connectivity index (χ3v) is 7.98. The number of anilines is 2. The molecule has 1 aromatic rings. The highest BCUT2D eigenvalue weighted by Crippen LogP contribution is 2.34. The van der Waals surface area contributed by atoms with Gasteiger partial charge in [0.15, 0.2) is 0 Å². The number of piperidine rings is 1. The Morgan fingerprint density at radius 1 is 1.08 bits per heavy atom. The fraction of sp³-hybridized carbons (Fsp3) is 0.684. The van der Waals surface area contributed by atoms with E-state index >= 15 is 0 Å². The van der Waals surface area contributed by atoms with E-state index in [1.807, 2.05) is 19.9 Å². The molecule has 0 atom stereocenters. The van der Waals surface area contributed by atoms with Crippen molar-refractivity contribution in [3.8, 4) is 0 Å². The summed E-state index contributed by atoms with van der Waals surface area (Å²) in [6.45, 7) is 10.3. The van der Waals surface area contributed by atoms with Gasteiger partial charge in [-0.05, 0) is 36.5 Å². The van der Waals surface area contributed by atoms with Gasteiger partial charge >= 0.3 is 0 Å². The fourth-order valence-corrected chi connectivity index (χ4v) is 5.75. The first kappa shape index (κ1) is 19.5. The van der Waals surface area contributed by atoms with E-state index in [1.54, 1.807) is 8.61 Å². The second kappa shape index (κ2) is 7.74. The first-order chi connectivity index (χ1) is 12.4. The molecule has 1 aromatic carbocycles. The maximum Gasteiger partial charge on any atom is 0.281 e. The smallest absolute Gasteiger partial charge is 0.281 e. The molecule has 2 heterocycles. The summed E-state index contributed by atoms with van der Waals surface area (Å²) in [6, 6.07) is 6.24. The van der Waals surface area contributed by atoms with Gasteiger partial charge in [-0.25, -0.2) is 0 Å². The largest absolute Gasteiger partial charge is 0.397 e. The van der Waals surface area contributed by atoms with E-state index in [4.69, 9.17) is 5.73 Å². The monoisotopic (exact) mass is 380 g/mol. The minimum Gasteiger partial charge on any atom is -0.397 e. The van der Waals surface area contributed by atoms with E-state index < -0.39 is 10.2 Å². The lowest BCUT2D eigenvalue weighted by molar-refractivity contribution is 0.272. The molecule has 2 N–H and O–H groups in total. The molecule has 0 aromatic heterocycles. The lowest BCUT2D eigenvalue weighted by atomic mass is 9.95. The van der Waals surface area contributed by atoms with Crippen molar-refractivity contribution in [3.05, 3.63) is 23.8 Å². The summed E-state index contributed by atoms with van der Waals surface area (Å²) >= 11 is 0. The number of hydrogen-bond acceptors (Lipinski definition) is 4. The first-order valence-corrected chi connectivity index (χ1v) is 11.2. The molecular weight excluding hydrogens is 348 g/mol. The summed E-state index contributed by atoms with van der Waals surface area (Å²) in [4.78, 5) is 2.38. The third kappa shape index (κ3) is 3.70. The Morgan fingerprint density at radius 3 is 2.19 bits per heavy atom. The van der Waals surface area contributed by atoms with Crippen LogP contribution >= 0.6 is 0 Å². The molecule has 3 rings (SSSR count). The Balaban J connectivity index is 1.86. The van der Waals surface area contributed by atoms with Crippen LogP contribution in [0.2, 0.25) is 0 Å². The van der Waals surface area contributed by atoms with Crippen LogP contribution < -0.4 is 10.6 Å². The van der Waals surface area contributed by atoms with Gasteiger partial charge in [0, 0.05) is 45.2 Å². The second-order valence-electron chi connectivity index (χ2n) is 7.59. The number of hydrogen-bond donors (Lipinski definition) is 1. The fourth-order valence-electron chi connectivity index (χ4n) is 4.03. The van der Waals surface area contributed by atoms with Gasteiger partial charge in [0.05, 0.1) is 11.4 Å². The van der Waals surface area contributed by atoms with Crippen LogP contribution in [0.4, 0.5) is 11.4 Å². The minimum atomic E-state index is -3.32. The maximum atomic E-state index is 12.6. The van der Waals surface area contributed by atoms with E-state index in [-0.39, 0.29) is 5.92 Å². The van der Waals surface area contributed by atoms with Crippen LogP contribution in [0.1, 0.15) is 45.1 Å². The van der Waals surface area contributed by atoms with E-state index in [9.17, 15) is 8.42 Å². The van der Waals surface area contributed by atoms with Gasteiger partial charge in [-0.2, -0.15) is 17.0 Å². The molecule has 2 fully saturated rings. The predicted octanol–water partition coefficient (Wildman–Crippen LogP) is 2.49. The van der Waals surface area contributed by atoms with Gasteiger partial charge in [0.25, 0.3) is 10.2 Å². The van der Waals surface area contributed by atoms with E-state index in [2.05, 4.69) is 24.0 Å². The molecule has 7 heteroatoms. The van der Waals surface area contributed by atoms with Gasteiger partial charge in [0.1, 0.15) is 0 Å². The molecule has 0 unspecified atom stereocenters. The Morgan fingerprint density at radius 2 is 1.65 bits per heavy atom. The molecule has 2 aliphatic rings. The van der Waals surface area contributed by atoms with Crippen molar-refractivity contribution in [2.24, 2.45) is 5.92 Å². The number of nitrogen functional groups attached to an aromatic ring is 1. The molecular formula is C19H32N4O2S. The molecule has 0 radical (unpaired) electrons. The van der Waals surface area contributed by atoms with Crippen LogP contribution in [0.25, 0.3) is 0 Å². The average molecular weight is 381 g/mol. The lowest BCUT2D eigenvalue weighted by Gasteiger charge is -2.39.